The van der Waals surface area contributed by atoms with Crippen molar-refractivity contribution in [2.24, 2.45) is 5.10 Å². The predicted octanol–water partition coefficient (Wildman–Crippen LogP) is 3.18. The first-order valence-electron chi connectivity index (χ1n) is 6.95. The number of carbonyl (C=O) groups excluding carboxylic acids is 1. The molecule has 2 aromatic rings. The van der Waals surface area contributed by atoms with Crippen LogP contribution in [0.5, 0.6) is 5.75 Å². The summed E-state index contributed by atoms with van der Waals surface area (Å²) in [6.45, 7) is 0. The molecule has 120 valence electrons. The van der Waals surface area contributed by atoms with Crippen molar-refractivity contribution in [1.82, 2.24) is 5.43 Å². The van der Waals surface area contributed by atoms with Gasteiger partial charge in [-0.2, -0.15) is 5.10 Å². The first kappa shape index (κ1) is 16.8. The zero-order valence-electron chi connectivity index (χ0n) is 13.2. The van der Waals surface area contributed by atoms with Gasteiger partial charge in [0.15, 0.2) is 0 Å². The summed E-state index contributed by atoms with van der Waals surface area (Å²) in [6, 6.07) is 12.6. The van der Waals surface area contributed by atoms with Crippen molar-refractivity contribution < 1.29 is 9.53 Å². The highest BCUT2D eigenvalue weighted by molar-refractivity contribution is 6.31. The molecule has 0 fully saturated rings. The second-order valence-electron chi connectivity index (χ2n) is 5.03. The molecule has 0 saturated heterocycles. The number of benzene rings is 2. The Morgan fingerprint density at radius 2 is 1.91 bits per heavy atom. The van der Waals surface area contributed by atoms with Crippen molar-refractivity contribution in [3.05, 3.63) is 58.6 Å². The van der Waals surface area contributed by atoms with Crippen LogP contribution in [0.1, 0.15) is 15.9 Å². The molecule has 23 heavy (non-hydrogen) atoms. The normalized spacial score (nSPS) is 10.6. The van der Waals surface area contributed by atoms with E-state index in [0.29, 0.717) is 16.3 Å². The average Bonchev–Trinajstić information content (AvgIpc) is 2.55. The van der Waals surface area contributed by atoms with Crippen molar-refractivity contribution in [3.63, 3.8) is 0 Å². The first-order valence-corrected chi connectivity index (χ1v) is 7.33. The molecule has 0 atom stereocenters. The molecule has 2 aromatic carbocycles. The lowest BCUT2D eigenvalue weighted by Gasteiger charge is -2.11. The highest BCUT2D eigenvalue weighted by Gasteiger charge is 2.12. The van der Waals surface area contributed by atoms with Crippen LogP contribution in [0.3, 0.4) is 0 Å². The molecule has 0 aliphatic rings. The molecule has 0 heterocycles. The highest BCUT2D eigenvalue weighted by atomic mass is 35.5. The molecule has 5 nitrogen and oxygen atoms in total. The Balaban J connectivity index is 2.05. The van der Waals surface area contributed by atoms with Gasteiger partial charge >= 0.3 is 0 Å². The Hall–Kier alpha value is -2.53. The lowest BCUT2D eigenvalue weighted by Crippen LogP contribution is -2.18. The van der Waals surface area contributed by atoms with E-state index in [4.69, 9.17) is 16.3 Å². The molecule has 1 amide bonds. The van der Waals surface area contributed by atoms with Gasteiger partial charge in [-0.25, -0.2) is 5.43 Å². The van der Waals surface area contributed by atoms with E-state index in [0.717, 1.165) is 11.3 Å². The summed E-state index contributed by atoms with van der Waals surface area (Å²) in [7, 11) is 5.44. The number of carbonyl (C=O) groups is 1. The number of hydrogen-bond acceptors (Lipinski definition) is 4. The van der Waals surface area contributed by atoms with Gasteiger partial charge in [-0.1, -0.05) is 23.7 Å². The molecule has 0 aliphatic heterocycles. The molecule has 0 radical (unpaired) electrons. The van der Waals surface area contributed by atoms with Gasteiger partial charge in [-0.15, -0.1) is 0 Å². The Labute approximate surface area is 140 Å². The van der Waals surface area contributed by atoms with Crippen LogP contribution < -0.4 is 15.1 Å². The van der Waals surface area contributed by atoms with Crippen LogP contribution in [0.15, 0.2) is 47.6 Å². The minimum absolute atomic E-state index is 0.333. The fourth-order valence-corrected chi connectivity index (χ4v) is 2.11. The van der Waals surface area contributed by atoms with Gasteiger partial charge in [0.2, 0.25) is 0 Å². The second kappa shape index (κ2) is 7.65. The monoisotopic (exact) mass is 331 g/mol. The smallest absolute Gasteiger partial charge is 0.275 e. The van der Waals surface area contributed by atoms with E-state index in [1.807, 2.05) is 43.3 Å². The second-order valence-corrected chi connectivity index (χ2v) is 5.47. The fraction of sp³-hybridized carbons (Fsp3) is 0.176. The third-order valence-electron chi connectivity index (χ3n) is 3.20. The number of rotatable bonds is 5. The van der Waals surface area contributed by atoms with E-state index in [2.05, 4.69) is 10.5 Å². The maximum absolute atomic E-state index is 12.1. The van der Waals surface area contributed by atoms with E-state index < -0.39 is 0 Å². The maximum Gasteiger partial charge on any atom is 0.275 e. The highest BCUT2D eigenvalue weighted by Crippen LogP contribution is 2.22. The SMILES string of the molecule is COc1ccc(Cl)cc1C(=O)NN=Cc1ccc(N(C)C)cc1. The number of methoxy groups -OCH3 is 1. The van der Waals surface area contributed by atoms with Gasteiger partial charge in [0.25, 0.3) is 5.91 Å². The number of nitrogens with zero attached hydrogens (tertiary/aromatic N) is 2. The maximum atomic E-state index is 12.1. The van der Waals surface area contributed by atoms with Crippen LogP contribution in [0, 0.1) is 0 Å². The summed E-state index contributed by atoms with van der Waals surface area (Å²) >= 11 is 5.91. The van der Waals surface area contributed by atoms with Crippen molar-refractivity contribution in [2.45, 2.75) is 0 Å². The standard InChI is InChI=1S/C17H18ClN3O2/c1-21(2)14-7-4-12(5-8-14)11-19-20-17(22)15-10-13(18)6-9-16(15)23-3/h4-11H,1-3H3,(H,20,22). The van der Waals surface area contributed by atoms with Gasteiger partial charge in [0.05, 0.1) is 18.9 Å². The summed E-state index contributed by atoms with van der Waals surface area (Å²) in [5, 5.41) is 4.42. The number of ether oxygens (including phenoxy) is 1. The molecule has 0 spiro atoms. The number of hydrogen-bond donors (Lipinski definition) is 1. The number of halogens is 1. The van der Waals surface area contributed by atoms with Crippen molar-refractivity contribution in [2.75, 3.05) is 26.1 Å². The van der Waals surface area contributed by atoms with Crippen molar-refractivity contribution in [1.29, 1.82) is 0 Å². The van der Waals surface area contributed by atoms with E-state index in [1.54, 1.807) is 18.3 Å². The van der Waals surface area contributed by atoms with E-state index in [9.17, 15) is 4.79 Å². The van der Waals surface area contributed by atoms with Crippen LogP contribution in [-0.2, 0) is 0 Å². The van der Waals surface area contributed by atoms with Crippen molar-refractivity contribution in [3.8, 4) is 5.75 Å². The molecule has 0 saturated carbocycles. The third-order valence-corrected chi connectivity index (χ3v) is 3.43. The molecule has 0 aliphatic carbocycles. The number of amides is 1. The summed E-state index contributed by atoms with van der Waals surface area (Å²) in [5.41, 5.74) is 4.78. The number of hydrazone groups is 1. The molecule has 0 aromatic heterocycles. The van der Waals surface area contributed by atoms with Gasteiger partial charge in [-0.05, 0) is 35.9 Å². The number of anilines is 1. The minimum Gasteiger partial charge on any atom is -0.496 e. The van der Waals surface area contributed by atoms with Crippen LogP contribution in [-0.4, -0.2) is 33.3 Å². The Kier molecular flexibility index (Phi) is 5.60. The topological polar surface area (TPSA) is 53.9 Å². The largest absolute Gasteiger partial charge is 0.496 e. The zero-order chi connectivity index (χ0) is 16.8. The summed E-state index contributed by atoms with van der Waals surface area (Å²) in [4.78, 5) is 14.1. The van der Waals surface area contributed by atoms with Gasteiger partial charge in [0.1, 0.15) is 5.75 Å². The van der Waals surface area contributed by atoms with Crippen molar-refractivity contribution >= 4 is 29.4 Å². The summed E-state index contributed by atoms with van der Waals surface area (Å²) in [6.07, 6.45) is 1.58. The third kappa shape index (κ3) is 4.47. The lowest BCUT2D eigenvalue weighted by molar-refractivity contribution is 0.0952. The quantitative estimate of drug-likeness (QED) is 0.676. The van der Waals surface area contributed by atoms with Crippen LogP contribution in [0.25, 0.3) is 0 Å². The van der Waals surface area contributed by atoms with Gasteiger partial charge in [-0.3, -0.25) is 4.79 Å². The zero-order valence-corrected chi connectivity index (χ0v) is 14.0. The van der Waals surface area contributed by atoms with E-state index in [1.165, 1.54) is 13.2 Å². The Morgan fingerprint density at radius 1 is 1.22 bits per heavy atom. The summed E-state index contributed by atoms with van der Waals surface area (Å²) < 4.78 is 5.15. The average molecular weight is 332 g/mol. The first-order chi connectivity index (χ1) is 11.0. The lowest BCUT2D eigenvalue weighted by atomic mass is 10.2. The Morgan fingerprint density at radius 3 is 2.52 bits per heavy atom. The summed E-state index contributed by atoms with van der Waals surface area (Å²) in [5.74, 6) is 0.0583. The van der Waals surface area contributed by atoms with Crippen LogP contribution >= 0.6 is 11.6 Å². The number of nitrogens with one attached hydrogen (secondary N) is 1. The minimum atomic E-state index is -0.384. The fourth-order valence-electron chi connectivity index (χ4n) is 1.94. The predicted molar refractivity (Wildman–Crippen MR) is 93.8 cm³/mol. The van der Waals surface area contributed by atoms with Crippen LogP contribution in [0.2, 0.25) is 5.02 Å². The molecular formula is C17H18ClN3O2. The molecule has 6 heteroatoms. The molecule has 0 bridgehead atoms. The molecule has 0 unspecified atom stereocenters. The van der Waals surface area contributed by atoms with Crippen LogP contribution in [0.4, 0.5) is 5.69 Å². The van der Waals surface area contributed by atoms with Gasteiger partial charge < -0.3 is 9.64 Å². The molecule has 2 rings (SSSR count). The Bertz CT molecular complexity index is 712. The van der Waals surface area contributed by atoms with E-state index >= 15 is 0 Å². The molecule has 1 N–H and O–H groups in total. The van der Waals surface area contributed by atoms with E-state index in [-0.39, 0.29) is 5.91 Å². The van der Waals surface area contributed by atoms with Gasteiger partial charge in [0, 0.05) is 24.8 Å². The molecular weight excluding hydrogens is 314 g/mol.